The largest absolute Gasteiger partial charge is 0.430 e. The number of nitrogens with one attached hydrogen (secondary N) is 1. The lowest BCUT2D eigenvalue weighted by atomic mass is 9.87. The highest BCUT2D eigenvalue weighted by atomic mass is 19.4. The van der Waals surface area contributed by atoms with Crippen LogP contribution in [0.1, 0.15) is 35.7 Å². The summed E-state index contributed by atoms with van der Waals surface area (Å²) in [4.78, 5) is 13.3. The monoisotopic (exact) mass is 462 g/mol. The third-order valence-corrected chi connectivity index (χ3v) is 5.25. The molecule has 4 nitrogen and oxygen atoms in total. The standard InChI is InChI=1S/C22H24F6N2O2/c1-4-5-10-30(3)19-9-7-15(20(32,21(23,24)25)22(26,27)28)11-18(19)17-12-16(29-2)8-6-14(17)13-31/h6-9,11-13,29,32H,4-5,10H2,1-3H3. The van der Waals surface area contributed by atoms with Gasteiger partial charge in [0, 0.05) is 48.7 Å². The molecule has 0 spiro atoms. The summed E-state index contributed by atoms with van der Waals surface area (Å²) in [6, 6.07) is 6.80. The Morgan fingerprint density at radius 3 is 2.12 bits per heavy atom. The van der Waals surface area contributed by atoms with Gasteiger partial charge in [-0.05, 0) is 42.3 Å². The van der Waals surface area contributed by atoms with Crippen LogP contribution in [0.3, 0.4) is 0 Å². The minimum absolute atomic E-state index is 0.0350. The van der Waals surface area contributed by atoms with Crippen molar-refractivity contribution in [3.63, 3.8) is 0 Å². The van der Waals surface area contributed by atoms with Gasteiger partial charge in [0.2, 0.25) is 0 Å². The fourth-order valence-electron chi connectivity index (χ4n) is 3.36. The number of anilines is 2. The summed E-state index contributed by atoms with van der Waals surface area (Å²) in [6.07, 6.45) is -10.0. The molecular formula is C22H24F6N2O2. The van der Waals surface area contributed by atoms with Crippen LogP contribution in [0.5, 0.6) is 0 Å². The molecule has 176 valence electrons. The fraction of sp³-hybridized carbons (Fsp3) is 0.409. The minimum atomic E-state index is -6.02. The number of rotatable bonds is 8. The summed E-state index contributed by atoms with van der Waals surface area (Å²) in [6.45, 7) is 2.42. The molecule has 0 aliphatic rings. The highest BCUT2D eigenvalue weighted by Gasteiger charge is 2.71. The van der Waals surface area contributed by atoms with Crippen molar-refractivity contribution < 1.29 is 36.2 Å². The molecule has 0 aliphatic carbocycles. The predicted molar refractivity (Wildman–Crippen MR) is 111 cm³/mol. The Kier molecular flexibility index (Phi) is 7.49. The zero-order chi connectivity index (χ0) is 24.3. The molecule has 0 saturated heterocycles. The van der Waals surface area contributed by atoms with E-state index >= 15 is 0 Å². The Labute approximate surface area is 181 Å². The molecule has 0 radical (unpaired) electrons. The summed E-state index contributed by atoms with van der Waals surface area (Å²) >= 11 is 0. The first kappa shape index (κ1) is 25.5. The molecule has 0 bridgehead atoms. The van der Waals surface area contributed by atoms with Gasteiger partial charge in [-0.2, -0.15) is 26.3 Å². The van der Waals surface area contributed by atoms with Crippen LogP contribution in [0.4, 0.5) is 37.7 Å². The number of hydrogen-bond acceptors (Lipinski definition) is 4. The van der Waals surface area contributed by atoms with Crippen molar-refractivity contribution >= 4 is 17.7 Å². The van der Waals surface area contributed by atoms with Gasteiger partial charge < -0.3 is 15.3 Å². The van der Waals surface area contributed by atoms with E-state index in [1.807, 2.05) is 6.92 Å². The summed E-state index contributed by atoms with van der Waals surface area (Å²) in [5.41, 5.74) is -5.45. The van der Waals surface area contributed by atoms with E-state index in [-0.39, 0.29) is 16.7 Å². The van der Waals surface area contributed by atoms with E-state index < -0.39 is 23.5 Å². The topological polar surface area (TPSA) is 52.6 Å². The molecule has 10 heteroatoms. The molecule has 0 fully saturated rings. The van der Waals surface area contributed by atoms with Gasteiger partial charge in [-0.15, -0.1) is 0 Å². The summed E-state index contributed by atoms with van der Waals surface area (Å²) in [5, 5.41) is 12.7. The number of unbranched alkanes of at least 4 members (excludes halogenated alkanes) is 1. The second-order valence-electron chi connectivity index (χ2n) is 7.38. The number of aliphatic hydroxyl groups is 1. The molecule has 32 heavy (non-hydrogen) atoms. The minimum Gasteiger partial charge on any atom is -0.388 e. The molecule has 0 saturated carbocycles. The lowest BCUT2D eigenvalue weighted by molar-refractivity contribution is -0.376. The van der Waals surface area contributed by atoms with Crippen LogP contribution >= 0.6 is 0 Å². The van der Waals surface area contributed by atoms with Gasteiger partial charge in [0.05, 0.1) is 0 Å². The molecule has 0 heterocycles. The second kappa shape index (κ2) is 9.40. The molecule has 0 aromatic heterocycles. The van der Waals surface area contributed by atoms with E-state index in [1.54, 1.807) is 25.1 Å². The highest BCUT2D eigenvalue weighted by Crippen LogP contribution is 2.51. The van der Waals surface area contributed by atoms with Crippen molar-refractivity contribution in [2.24, 2.45) is 0 Å². The van der Waals surface area contributed by atoms with Crippen LogP contribution in [-0.2, 0) is 5.60 Å². The number of hydrogen-bond donors (Lipinski definition) is 2. The van der Waals surface area contributed by atoms with Gasteiger partial charge in [-0.1, -0.05) is 19.4 Å². The Morgan fingerprint density at radius 2 is 1.62 bits per heavy atom. The number of alkyl halides is 6. The SMILES string of the molecule is CCCCN(C)c1ccc(C(O)(C(F)(F)F)C(F)(F)F)cc1-c1cc(NC)ccc1C=O. The lowest BCUT2D eigenvalue weighted by Crippen LogP contribution is -2.53. The van der Waals surface area contributed by atoms with Gasteiger partial charge in [0.1, 0.15) is 0 Å². The Hall–Kier alpha value is -2.75. The first-order chi connectivity index (χ1) is 14.8. The number of carbonyl (C=O) groups is 1. The van der Waals surface area contributed by atoms with Crippen molar-refractivity contribution in [1.29, 1.82) is 0 Å². The summed E-state index contributed by atoms with van der Waals surface area (Å²) in [5.74, 6) is 0. The molecule has 0 unspecified atom stereocenters. The average Bonchev–Trinajstić information content (AvgIpc) is 2.74. The third kappa shape index (κ3) is 4.69. The van der Waals surface area contributed by atoms with Crippen LogP contribution in [-0.4, -0.2) is 44.4 Å². The maximum atomic E-state index is 13.5. The maximum absolute atomic E-state index is 13.5. The number of nitrogens with zero attached hydrogens (tertiary/aromatic N) is 1. The first-order valence-electron chi connectivity index (χ1n) is 9.80. The zero-order valence-corrected chi connectivity index (χ0v) is 17.7. The molecule has 0 atom stereocenters. The van der Waals surface area contributed by atoms with Crippen molar-refractivity contribution in [2.45, 2.75) is 37.7 Å². The van der Waals surface area contributed by atoms with Gasteiger partial charge in [0.15, 0.2) is 6.29 Å². The zero-order valence-electron chi connectivity index (χ0n) is 17.7. The van der Waals surface area contributed by atoms with E-state index in [4.69, 9.17) is 0 Å². The smallest absolute Gasteiger partial charge is 0.388 e. The van der Waals surface area contributed by atoms with Crippen LogP contribution in [0.2, 0.25) is 0 Å². The van der Waals surface area contributed by atoms with Crippen molar-refractivity contribution in [2.75, 3.05) is 30.9 Å². The van der Waals surface area contributed by atoms with Crippen LogP contribution in [0.25, 0.3) is 11.1 Å². The number of halogens is 6. The lowest BCUT2D eigenvalue weighted by Gasteiger charge is -2.34. The number of benzene rings is 2. The second-order valence-corrected chi connectivity index (χ2v) is 7.38. The van der Waals surface area contributed by atoms with Crippen molar-refractivity contribution in [3.05, 3.63) is 47.5 Å². The molecular weight excluding hydrogens is 438 g/mol. The van der Waals surface area contributed by atoms with E-state index in [0.717, 1.165) is 18.9 Å². The quantitative estimate of drug-likeness (QED) is 0.387. The van der Waals surface area contributed by atoms with E-state index in [9.17, 15) is 36.2 Å². The third-order valence-electron chi connectivity index (χ3n) is 5.25. The Bertz CT molecular complexity index is 942. The molecule has 0 aliphatic heterocycles. The maximum Gasteiger partial charge on any atom is 0.430 e. The molecule has 2 aromatic carbocycles. The van der Waals surface area contributed by atoms with Gasteiger partial charge in [0.25, 0.3) is 5.60 Å². The normalized spacial score (nSPS) is 12.6. The van der Waals surface area contributed by atoms with Crippen molar-refractivity contribution in [3.8, 4) is 11.1 Å². The molecule has 2 rings (SSSR count). The highest BCUT2D eigenvalue weighted by molar-refractivity contribution is 5.93. The summed E-state index contributed by atoms with van der Waals surface area (Å²) < 4.78 is 80.8. The summed E-state index contributed by atoms with van der Waals surface area (Å²) in [7, 11) is 3.23. The molecule has 0 amide bonds. The van der Waals surface area contributed by atoms with Gasteiger partial charge >= 0.3 is 12.4 Å². The molecule has 2 aromatic rings. The van der Waals surface area contributed by atoms with Crippen LogP contribution in [0.15, 0.2) is 36.4 Å². The average molecular weight is 462 g/mol. The molecule has 2 N–H and O–H groups in total. The predicted octanol–water partition coefficient (Wildman–Crippen LogP) is 5.76. The van der Waals surface area contributed by atoms with E-state index in [0.29, 0.717) is 36.3 Å². The van der Waals surface area contributed by atoms with Gasteiger partial charge in [-0.25, -0.2) is 0 Å². The van der Waals surface area contributed by atoms with Gasteiger partial charge in [-0.3, -0.25) is 4.79 Å². The fourth-order valence-corrected chi connectivity index (χ4v) is 3.36. The van der Waals surface area contributed by atoms with E-state index in [2.05, 4.69) is 5.32 Å². The Morgan fingerprint density at radius 1 is 1.00 bits per heavy atom. The Balaban J connectivity index is 2.87. The number of carbonyl (C=O) groups excluding carboxylic acids is 1. The van der Waals surface area contributed by atoms with Crippen molar-refractivity contribution in [1.82, 2.24) is 0 Å². The van der Waals surface area contributed by atoms with Crippen LogP contribution in [0, 0.1) is 0 Å². The first-order valence-corrected chi connectivity index (χ1v) is 9.80. The number of aldehydes is 1. The van der Waals surface area contributed by atoms with E-state index in [1.165, 1.54) is 12.1 Å². The van der Waals surface area contributed by atoms with Crippen LogP contribution < -0.4 is 10.2 Å².